The van der Waals surface area contributed by atoms with Crippen molar-refractivity contribution >= 4 is 0 Å². The molecule has 0 aliphatic rings. The highest BCUT2D eigenvalue weighted by atomic mass is 19.1. The number of aromatic amines is 2. The second-order valence-corrected chi connectivity index (χ2v) is 5.53. The summed E-state index contributed by atoms with van der Waals surface area (Å²) in [4.78, 5) is 49.3. The number of hydrogen-bond acceptors (Lipinski definition) is 7. The monoisotopic (exact) mass is 404 g/mol. The van der Waals surface area contributed by atoms with Gasteiger partial charge in [-0.15, -0.1) is 0 Å². The third-order valence-corrected chi connectivity index (χ3v) is 3.78. The van der Waals surface area contributed by atoms with Gasteiger partial charge in [-0.25, -0.2) is 9.59 Å². The quantitative estimate of drug-likeness (QED) is 0.515. The van der Waals surface area contributed by atoms with Crippen LogP contribution in [0.25, 0.3) is 0 Å². The van der Waals surface area contributed by atoms with E-state index in [1.165, 1.54) is 14.2 Å². The van der Waals surface area contributed by atoms with Gasteiger partial charge in [0.1, 0.15) is 6.23 Å². The molecular formula is C15H18F2N4O7. The number of nitrogens with zero attached hydrogens (tertiary/aromatic N) is 2. The zero-order valence-electron chi connectivity index (χ0n) is 14.9. The SMILES string of the molecule is COC(COCC[C@H](OC)n1cc(F)c(=O)[nH]c1=O)n1cc(F)c(=O)[nH]c1=O. The Hall–Kier alpha value is -2.90. The maximum Gasteiger partial charge on any atom is 0.330 e. The summed E-state index contributed by atoms with van der Waals surface area (Å²) < 4.78 is 43.9. The Labute approximate surface area is 155 Å². The Bertz CT molecular complexity index is 959. The van der Waals surface area contributed by atoms with Gasteiger partial charge in [0.2, 0.25) is 11.6 Å². The van der Waals surface area contributed by atoms with Crippen LogP contribution in [0, 0.1) is 11.6 Å². The van der Waals surface area contributed by atoms with E-state index in [1.54, 1.807) is 4.98 Å². The first kappa shape index (κ1) is 21.4. The van der Waals surface area contributed by atoms with E-state index >= 15 is 0 Å². The molecule has 0 fully saturated rings. The van der Waals surface area contributed by atoms with Crippen molar-refractivity contribution in [2.75, 3.05) is 27.4 Å². The van der Waals surface area contributed by atoms with Gasteiger partial charge in [0.15, 0.2) is 6.23 Å². The highest BCUT2D eigenvalue weighted by molar-refractivity contribution is 4.89. The highest BCUT2D eigenvalue weighted by Crippen LogP contribution is 2.11. The molecule has 0 aromatic carbocycles. The van der Waals surface area contributed by atoms with E-state index in [4.69, 9.17) is 14.2 Å². The third-order valence-electron chi connectivity index (χ3n) is 3.78. The average molecular weight is 404 g/mol. The number of methoxy groups -OCH3 is 2. The molecule has 154 valence electrons. The van der Waals surface area contributed by atoms with Crippen molar-refractivity contribution in [2.24, 2.45) is 0 Å². The molecule has 0 saturated heterocycles. The van der Waals surface area contributed by atoms with Gasteiger partial charge >= 0.3 is 11.4 Å². The molecule has 28 heavy (non-hydrogen) atoms. The van der Waals surface area contributed by atoms with Crippen LogP contribution in [0.4, 0.5) is 8.78 Å². The molecule has 2 N–H and O–H groups in total. The van der Waals surface area contributed by atoms with E-state index in [9.17, 15) is 28.0 Å². The van der Waals surface area contributed by atoms with Crippen molar-refractivity contribution in [3.63, 3.8) is 0 Å². The topological polar surface area (TPSA) is 137 Å². The molecule has 2 heterocycles. The fourth-order valence-corrected chi connectivity index (χ4v) is 2.35. The number of ether oxygens (including phenoxy) is 3. The van der Waals surface area contributed by atoms with Crippen LogP contribution in [0.2, 0.25) is 0 Å². The second kappa shape index (κ2) is 9.34. The van der Waals surface area contributed by atoms with E-state index in [0.29, 0.717) is 6.20 Å². The zero-order chi connectivity index (χ0) is 20.8. The van der Waals surface area contributed by atoms with Gasteiger partial charge in [0, 0.05) is 20.6 Å². The second-order valence-electron chi connectivity index (χ2n) is 5.53. The van der Waals surface area contributed by atoms with Crippen molar-refractivity contribution in [3.8, 4) is 0 Å². The van der Waals surface area contributed by atoms with Crippen LogP contribution in [0.3, 0.4) is 0 Å². The number of H-pyrrole nitrogens is 2. The summed E-state index contributed by atoms with van der Waals surface area (Å²) in [5.74, 6) is -2.32. The van der Waals surface area contributed by atoms with Crippen LogP contribution in [-0.2, 0) is 14.2 Å². The van der Waals surface area contributed by atoms with Crippen molar-refractivity contribution < 1.29 is 23.0 Å². The number of halogens is 2. The lowest BCUT2D eigenvalue weighted by atomic mass is 10.4. The molecule has 1 unspecified atom stereocenters. The van der Waals surface area contributed by atoms with Crippen LogP contribution in [0.5, 0.6) is 0 Å². The van der Waals surface area contributed by atoms with E-state index < -0.39 is 46.6 Å². The average Bonchev–Trinajstić information content (AvgIpc) is 2.65. The van der Waals surface area contributed by atoms with E-state index in [2.05, 4.69) is 0 Å². The maximum absolute atomic E-state index is 13.4. The van der Waals surface area contributed by atoms with Crippen molar-refractivity contribution in [1.82, 2.24) is 19.1 Å². The minimum absolute atomic E-state index is 0.0217. The lowest BCUT2D eigenvalue weighted by Gasteiger charge is -2.20. The normalized spacial score (nSPS) is 13.4. The molecule has 0 saturated carbocycles. The number of aromatic nitrogens is 4. The smallest absolute Gasteiger partial charge is 0.330 e. The maximum atomic E-state index is 13.4. The first-order valence-corrected chi connectivity index (χ1v) is 7.93. The fraction of sp³-hybridized carbons (Fsp3) is 0.467. The summed E-state index contributed by atoms with van der Waals surface area (Å²) in [5, 5.41) is 0. The van der Waals surface area contributed by atoms with Gasteiger partial charge in [-0.2, -0.15) is 8.78 Å². The van der Waals surface area contributed by atoms with Crippen LogP contribution in [0.1, 0.15) is 18.9 Å². The Morgan fingerprint density at radius 2 is 1.36 bits per heavy atom. The summed E-state index contributed by atoms with van der Waals surface area (Å²) in [5.41, 5.74) is -4.04. The Balaban J connectivity index is 2.02. The molecule has 2 aromatic heterocycles. The molecule has 0 aliphatic heterocycles. The first-order chi connectivity index (χ1) is 13.3. The number of hydrogen-bond donors (Lipinski definition) is 2. The van der Waals surface area contributed by atoms with Crippen molar-refractivity contribution in [3.05, 3.63) is 65.7 Å². The molecule has 0 spiro atoms. The van der Waals surface area contributed by atoms with Crippen LogP contribution >= 0.6 is 0 Å². The van der Waals surface area contributed by atoms with E-state index in [0.717, 1.165) is 15.3 Å². The fourth-order valence-electron chi connectivity index (χ4n) is 2.35. The summed E-state index contributed by atoms with van der Waals surface area (Å²) in [6.45, 7) is -0.223. The zero-order valence-corrected chi connectivity index (χ0v) is 14.9. The van der Waals surface area contributed by atoms with Gasteiger partial charge in [-0.05, 0) is 0 Å². The number of rotatable bonds is 9. The standard InChI is InChI=1S/C15H18F2N4O7/c1-26-10(20-5-8(16)12(22)18-14(20)24)3-4-28-7-11(27-2)21-6-9(17)13(23)19-15(21)25/h5-6,10-11H,3-4,7H2,1-2H3,(H,18,22,24)(H,19,23,25)/t10-,11?/m0/s1. The van der Waals surface area contributed by atoms with Crippen LogP contribution in [0.15, 0.2) is 31.6 Å². The lowest BCUT2D eigenvalue weighted by molar-refractivity contribution is -0.0517. The molecule has 11 nitrogen and oxygen atoms in total. The van der Waals surface area contributed by atoms with Crippen molar-refractivity contribution in [2.45, 2.75) is 18.9 Å². The summed E-state index contributed by atoms with van der Waals surface area (Å²) in [7, 11) is 2.53. The minimum Gasteiger partial charge on any atom is -0.377 e. The summed E-state index contributed by atoms with van der Waals surface area (Å²) in [6, 6.07) is 0. The van der Waals surface area contributed by atoms with Gasteiger partial charge in [0.05, 0.1) is 25.6 Å². The van der Waals surface area contributed by atoms with Gasteiger partial charge < -0.3 is 14.2 Å². The third kappa shape index (κ3) is 4.88. The predicted octanol–water partition coefficient (Wildman–Crippen LogP) is -0.938. The van der Waals surface area contributed by atoms with Crippen molar-refractivity contribution in [1.29, 1.82) is 0 Å². The molecule has 2 aromatic rings. The molecule has 0 aliphatic carbocycles. The van der Waals surface area contributed by atoms with E-state index in [-0.39, 0.29) is 19.6 Å². The number of nitrogens with one attached hydrogen (secondary N) is 2. The molecule has 0 amide bonds. The molecule has 0 radical (unpaired) electrons. The highest BCUT2D eigenvalue weighted by Gasteiger charge is 2.17. The van der Waals surface area contributed by atoms with E-state index in [1.807, 2.05) is 4.98 Å². The molecular weight excluding hydrogens is 386 g/mol. The van der Waals surface area contributed by atoms with Gasteiger partial charge in [0.25, 0.3) is 11.1 Å². The van der Waals surface area contributed by atoms with Gasteiger partial charge in [-0.1, -0.05) is 0 Å². The first-order valence-electron chi connectivity index (χ1n) is 7.93. The molecule has 13 heteroatoms. The Morgan fingerprint density at radius 3 is 1.82 bits per heavy atom. The molecule has 2 rings (SSSR count). The Morgan fingerprint density at radius 1 is 0.893 bits per heavy atom. The van der Waals surface area contributed by atoms with Crippen LogP contribution < -0.4 is 22.5 Å². The Kier molecular flexibility index (Phi) is 7.14. The summed E-state index contributed by atoms with van der Waals surface area (Å²) in [6.07, 6.45) is -0.483. The minimum atomic E-state index is -1.17. The van der Waals surface area contributed by atoms with Crippen LogP contribution in [-0.4, -0.2) is 46.5 Å². The summed E-state index contributed by atoms with van der Waals surface area (Å²) >= 11 is 0. The lowest BCUT2D eigenvalue weighted by Crippen LogP contribution is -2.36. The largest absolute Gasteiger partial charge is 0.377 e. The molecule has 0 bridgehead atoms. The predicted molar refractivity (Wildman–Crippen MR) is 90.1 cm³/mol. The van der Waals surface area contributed by atoms with Gasteiger partial charge in [-0.3, -0.25) is 28.7 Å². The molecule has 2 atom stereocenters.